The average Bonchev–Trinajstić information content (AvgIpc) is 2.85. The molecule has 2 aliphatic carbocycles. The first-order chi connectivity index (χ1) is 15.3. The first-order valence-electron chi connectivity index (χ1n) is 10.4. The first kappa shape index (κ1) is 23.5. The number of fused-ring (bicyclic) bond motifs is 1. The Morgan fingerprint density at radius 2 is 1.28 bits per heavy atom. The summed E-state index contributed by atoms with van der Waals surface area (Å²) in [5.74, 6) is -5.56. The van der Waals surface area contributed by atoms with Crippen molar-refractivity contribution in [2.24, 2.45) is 23.7 Å². The van der Waals surface area contributed by atoms with Crippen LogP contribution in [-0.4, -0.2) is 52.3 Å². The van der Waals surface area contributed by atoms with E-state index in [0.717, 1.165) is 11.1 Å². The minimum absolute atomic E-state index is 0.0859. The molecule has 8 nitrogen and oxygen atoms in total. The second-order valence-electron chi connectivity index (χ2n) is 8.10. The van der Waals surface area contributed by atoms with Crippen LogP contribution in [0.15, 0.2) is 42.0 Å². The van der Waals surface area contributed by atoms with Crippen LogP contribution in [0.4, 0.5) is 0 Å². The van der Waals surface area contributed by atoms with Crippen molar-refractivity contribution >= 4 is 23.9 Å². The number of hydrogen-bond acceptors (Lipinski definition) is 8. The average molecular weight is 444 g/mol. The number of rotatable bonds is 5. The topological polar surface area (TPSA) is 105 Å². The Bertz CT molecular complexity index is 921. The molecule has 8 heteroatoms. The number of methoxy groups -OCH3 is 4. The zero-order valence-electron chi connectivity index (χ0n) is 18.7. The van der Waals surface area contributed by atoms with Gasteiger partial charge in [0, 0.05) is 5.41 Å². The molecule has 0 saturated heterocycles. The number of allylic oxidation sites excluding steroid dienone is 2. The van der Waals surface area contributed by atoms with Crippen LogP contribution < -0.4 is 0 Å². The van der Waals surface area contributed by atoms with Crippen molar-refractivity contribution in [1.29, 1.82) is 0 Å². The van der Waals surface area contributed by atoms with Crippen molar-refractivity contribution in [1.82, 2.24) is 0 Å². The van der Waals surface area contributed by atoms with Gasteiger partial charge in [-0.1, -0.05) is 42.0 Å². The number of ether oxygens (including phenoxy) is 4. The van der Waals surface area contributed by atoms with Crippen molar-refractivity contribution < 1.29 is 38.1 Å². The number of esters is 4. The van der Waals surface area contributed by atoms with Gasteiger partial charge in [-0.2, -0.15) is 0 Å². The van der Waals surface area contributed by atoms with E-state index in [2.05, 4.69) is 0 Å². The zero-order valence-corrected chi connectivity index (χ0v) is 18.7. The summed E-state index contributed by atoms with van der Waals surface area (Å²) in [5.41, 5.74) is 0.511. The summed E-state index contributed by atoms with van der Waals surface area (Å²) in [6.07, 6.45) is 2.43. The Kier molecular flexibility index (Phi) is 7.01. The van der Waals surface area contributed by atoms with E-state index < -0.39 is 53.0 Å². The second kappa shape index (κ2) is 9.54. The molecule has 1 aromatic carbocycles. The third-order valence-corrected chi connectivity index (χ3v) is 6.85. The number of carbonyl (C=O) groups is 4. The molecule has 1 aromatic rings. The van der Waals surface area contributed by atoms with Gasteiger partial charge < -0.3 is 18.9 Å². The summed E-state index contributed by atoms with van der Waals surface area (Å²) in [5, 5.41) is 0. The number of carbonyl (C=O) groups excluding carboxylic acids is 4. The Hall–Kier alpha value is -3.16. The molecular formula is C24H28O8. The van der Waals surface area contributed by atoms with Crippen LogP contribution in [0.3, 0.4) is 0 Å². The highest BCUT2D eigenvalue weighted by Gasteiger charge is 2.60. The first-order valence-corrected chi connectivity index (χ1v) is 10.4. The van der Waals surface area contributed by atoms with E-state index in [9.17, 15) is 19.2 Å². The zero-order chi connectivity index (χ0) is 23.5. The van der Waals surface area contributed by atoms with Crippen LogP contribution in [0.2, 0.25) is 0 Å². The normalized spacial score (nSPS) is 29.1. The lowest BCUT2D eigenvalue weighted by atomic mass is 9.50. The summed E-state index contributed by atoms with van der Waals surface area (Å²) >= 11 is 0. The van der Waals surface area contributed by atoms with E-state index >= 15 is 0 Å². The molecular weight excluding hydrogens is 416 g/mol. The van der Waals surface area contributed by atoms with Crippen LogP contribution in [0.1, 0.15) is 24.8 Å². The Labute approximate surface area is 186 Å². The minimum Gasteiger partial charge on any atom is -0.469 e. The van der Waals surface area contributed by atoms with Crippen molar-refractivity contribution in [2.45, 2.75) is 24.7 Å². The molecule has 0 heterocycles. The fourth-order valence-corrected chi connectivity index (χ4v) is 5.41. The van der Waals surface area contributed by atoms with Gasteiger partial charge in [-0.05, 0) is 24.8 Å². The third-order valence-electron chi connectivity index (χ3n) is 6.85. The molecule has 5 atom stereocenters. The Morgan fingerprint density at radius 1 is 0.750 bits per heavy atom. The lowest BCUT2D eigenvalue weighted by molar-refractivity contribution is -0.166. The summed E-state index contributed by atoms with van der Waals surface area (Å²) in [7, 11) is 5.07. The maximum absolute atomic E-state index is 13.2. The van der Waals surface area contributed by atoms with E-state index in [1.165, 1.54) is 28.4 Å². The van der Waals surface area contributed by atoms with Gasteiger partial charge in [0.05, 0.1) is 52.1 Å². The molecule has 0 amide bonds. The van der Waals surface area contributed by atoms with E-state index in [1.807, 2.05) is 36.4 Å². The van der Waals surface area contributed by atoms with E-state index in [1.54, 1.807) is 0 Å². The predicted molar refractivity (Wildman–Crippen MR) is 112 cm³/mol. The van der Waals surface area contributed by atoms with E-state index in [4.69, 9.17) is 18.9 Å². The molecule has 1 fully saturated rings. The van der Waals surface area contributed by atoms with Crippen LogP contribution in [0.5, 0.6) is 0 Å². The van der Waals surface area contributed by atoms with Crippen molar-refractivity contribution in [3.63, 3.8) is 0 Å². The predicted octanol–water partition coefficient (Wildman–Crippen LogP) is 2.21. The second-order valence-corrected chi connectivity index (χ2v) is 8.10. The fraction of sp³-hybridized carbons (Fsp3) is 0.500. The van der Waals surface area contributed by atoms with Gasteiger partial charge in [0.1, 0.15) is 0 Å². The Morgan fingerprint density at radius 3 is 1.84 bits per heavy atom. The summed E-state index contributed by atoms with van der Waals surface area (Å²) in [6, 6.07) is 9.22. The molecule has 0 bridgehead atoms. The fourth-order valence-electron chi connectivity index (χ4n) is 5.41. The lowest BCUT2D eigenvalue weighted by Gasteiger charge is -2.52. The van der Waals surface area contributed by atoms with Crippen molar-refractivity contribution in [3.8, 4) is 0 Å². The molecule has 0 spiro atoms. The molecule has 2 aliphatic rings. The summed E-state index contributed by atoms with van der Waals surface area (Å²) in [6.45, 7) is 0. The van der Waals surface area contributed by atoms with E-state index in [-0.39, 0.29) is 19.3 Å². The summed E-state index contributed by atoms with van der Waals surface area (Å²) < 4.78 is 20.1. The van der Waals surface area contributed by atoms with Crippen LogP contribution in [0.25, 0.3) is 0 Å². The van der Waals surface area contributed by atoms with E-state index in [0.29, 0.717) is 0 Å². The van der Waals surface area contributed by atoms with Crippen molar-refractivity contribution in [3.05, 3.63) is 47.5 Å². The van der Waals surface area contributed by atoms with Gasteiger partial charge >= 0.3 is 23.9 Å². The SMILES string of the molecule is COC(=O)[C@H]1CC2=CC[C@H](C(=O)OC)[C@@H](C(=O)OC)C2(c2ccccc2)C[C@@H]1C(=O)OC. The maximum Gasteiger partial charge on any atom is 0.310 e. The molecule has 172 valence electrons. The molecule has 1 saturated carbocycles. The van der Waals surface area contributed by atoms with Gasteiger partial charge in [0.2, 0.25) is 0 Å². The monoisotopic (exact) mass is 444 g/mol. The quantitative estimate of drug-likeness (QED) is 0.387. The van der Waals surface area contributed by atoms with Crippen LogP contribution >= 0.6 is 0 Å². The maximum atomic E-state index is 13.2. The van der Waals surface area contributed by atoms with Gasteiger partial charge in [-0.25, -0.2) is 0 Å². The minimum atomic E-state index is -1.05. The molecule has 0 N–H and O–H groups in total. The number of hydrogen-bond donors (Lipinski definition) is 0. The van der Waals surface area contributed by atoms with Gasteiger partial charge in [0.25, 0.3) is 0 Å². The molecule has 0 aromatic heterocycles. The van der Waals surface area contributed by atoms with Gasteiger partial charge in [-0.15, -0.1) is 0 Å². The highest BCUT2D eigenvalue weighted by molar-refractivity contribution is 5.87. The lowest BCUT2D eigenvalue weighted by Crippen LogP contribution is -2.56. The van der Waals surface area contributed by atoms with Gasteiger partial charge in [-0.3, -0.25) is 19.2 Å². The molecule has 3 rings (SSSR count). The standard InChI is InChI=1S/C24H28O8/c1-29-20(25)16-11-10-15-12-17(21(26)30-2)18(22(27)31-3)13-24(15,19(16)23(28)32-4)14-8-6-5-7-9-14/h5-10,16-19H,11-13H2,1-4H3/t16-,17-,18-,19-,24?/m0/s1. The smallest absolute Gasteiger partial charge is 0.310 e. The molecule has 0 radical (unpaired) electrons. The Balaban J connectivity index is 2.28. The molecule has 0 aliphatic heterocycles. The third kappa shape index (κ3) is 3.78. The van der Waals surface area contributed by atoms with Crippen LogP contribution in [0, 0.1) is 23.7 Å². The van der Waals surface area contributed by atoms with Crippen LogP contribution in [-0.2, 0) is 43.5 Å². The summed E-state index contributed by atoms with van der Waals surface area (Å²) in [4.78, 5) is 51.3. The molecule has 1 unspecified atom stereocenters. The van der Waals surface area contributed by atoms with Gasteiger partial charge in [0.15, 0.2) is 0 Å². The largest absolute Gasteiger partial charge is 0.469 e. The highest BCUT2D eigenvalue weighted by Crippen LogP contribution is 2.57. The molecule has 32 heavy (non-hydrogen) atoms. The highest BCUT2D eigenvalue weighted by atomic mass is 16.5. The van der Waals surface area contributed by atoms with Crippen molar-refractivity contribution in [2.75, 3.05) is 28.4 Å². The number of benzene rings is 1.